The van der Waals surface area contributed by atoms with Crippen molar-refractivity contribution in [3.05, 3.63) is 29.8 Å². The third-order valence-corrected chi connectivity index (χ3v) is 2.14. The van der Waals surface area contributed by atoms with Gasteiger partial charge in [-0.3, -0.25) is 0 Å². The monoisotopic (exact) mass is 279 g/mol. The first kappa shape index (κ1) is 15.2. The molecule has 0 bridgehead atoms. The molecule has 2 atom stereocenters. The summed E-state index contributed by atoms with van der Waals surface area (Å²) < 4.78 is 53.0. The summed E-state index contributed by atoms with van der Waals surface area (Å²) in [5.41, 5.74) is -0.114. The lowest BCUT2D eigenvalue weighted by molar-refractivity contribution is -0.253. The van der Waals surface area contributed by atoms with E-state index < -0.39 is 30.5 Å². The molecule has 2 unspecified atom stereocenters. The summed E-state index contributed by atoms with van der Waals surface area (Å²) in [7, 11) is 0. The van der Waals surface area contributed by atoms with Crippen molar-refractivity contribution < 1.29 is 32.5 Å². The maximum absolute atomic E-state index is 12.7. The Bertz CT molecular complexity index is 475. The Hall–Kier alpha value is -1.85. The van der Waals surface area contributed by atoms with Crippen molar-refractivity contribution in [1.29, 1.82) is 5.26 Å². The number of hydrogen-bond acceptors (Lipinski definition) is 4. The fourth-order valence-electron chi connectivity index (χ4n) is 1.22. The van der Waals surface area contributed by atoms with E-state index in [2.05, 4.69) is 4.74 Å². The third kappa shape index (κ3) is 3.81. The van der Waals surface area contributed by atoms with E-state index in [1.54, 1.807) is 0 Å². The second-order valence-electron chi connectivity index (χ2n) is 3.56. The Labute approximate surface area is 105 Å². The van der Waals surface area contributed by atoms with E-state index in [1.807, 2.05) is 0 Å². The highest BCUT2D eigenvalue weighted by molar-refractivity contribution is 5.31. The molecule has 4 nitrogen and oxygen atoms in total. The number of ether oxygens (including phenoxy) is 1. The number of alkyl halides is 4. The summed E-state index contributed by atoms with van der Waals surface area (Å²) in [6, 6.07) is 5.53. The van der Waals surface area contributed by atoms with Crippen molar-refractivity contribution in [3.8, 4) is 11.8 Å². The number of halogens is 4. The van der Waals surface area contributed by atoms with Gasteiger partial charge in [0, 0.05) is 0 Å². The molecule has 104 valence electrons. The smallest absolute Gasteiger partial charge is 0.428 e. The summed E-state index contributed by atoms with van der Waals surface area (Å²) in [6.45, 7) is 0. The number of aliphatic hydroxyl groups is 2. The molecule has 8 heteroatoms. The number of benzene rings is 1. The van der Waals surface area contributed by atoms with Crippen LogP contribution in [0.5, 0.6) is 5.75 Å². The fraction of sp³-hybridized carbons (Fsp3) is 0.364. The second-order valence-corrected chi connectivity index (χ2v) is 3.56. The topological polar surface area (TPSA) is 73.5 Å². The lowest BCUT2D eigenvalue weighted by atomic mass is 10.1. The number of aliphatic hydroxyl groups excluding tert-OH is 2. The lowest BCUT2D eigenvalue weighted by Gasteiger charge is -2.18. The summed E-state index contributed by atoms with van der Waals surface area (Å²) in [5, 5.41) is 26.9. The van der Waals surface area contributed by atoms with Gasteiger partial charge < -0.3 is 14.9 Å². The molecule has 0 saturated carbocycles. The number of hydrogen-bond donors (Lipinski definition) is 2. The molecule has 1 rings (SSSR count). The third-order valence-electron chi connectivity index (χ3n) is 2.14. The fourth-order valence-corrected chi connectivity index (χ4v) is 1.22. The summed E-state index contributed by atoms with van der Waals surface area (Å²) in [4.78, 5) is 0. The number of nitrogens with zero attached hydrogens (tertiary/aromatic N) is 1. The summed E-state index contributed by atoms with van der Waals surface area (Å²) in [5.74, 6) is -0.619. The minimum Gasteiger partial charge on any atom is -0.428 e. The second kappa shape index (κ2) is 5.86. The minimum absolute atomic E-state index is 0.114. The van der Waals surface area contributed by atoms with Crippen LogP contribution >= 0.6 is 0 Å². The standard InChI is InChI=1S/C11H9F4NO3/c12-10(13)11(14,15)19-7-3-1-2-6(4-7)9(18)8(17)5-16/h1-4,8-10,17-18H. The van der Waals surface area contributed by atoms with E-state index in [1.165, 1.54) is 12.1 Å². The maximum atomic E-state index is 12.7. The molecule has 19 heavy (non-hydrogen) atoms. The Balaban J connectivity index is 2.93. The van der Waals surface area contributed by atoms with Crippen LogP contribution in [0.3, 0.4) is 0 Å². The predicted molar refractivity (Wildman–Crippen MR) is 54.6 cm³/mol. The molecule has 0 radical (unpaired) electrons. The highest BCUT2D eigenvalue weighted by Gasteiger charge is 2.44. The average Bonchev–Trinajstić information content (AvgIpc) is 2.36. The van der Waals surface area contributed by atoms with E-state index in [0.29, 0.717) is 0 Å². The van der Waals surface area contributed by atoms with Gasteiger partial charge in [0.05, 0.1) is 6.07 Å². The highest BCUT2D eigenvalue weighted by atomic mass is 19.3. The minimum atomic E-state index is -4.67. The largest absolute Gasteiger partial charge is 0.461 e. The van der Waals surface area contributed by atoms with Crippen LogP contribution in [0.15, 0.2) is 24.3 Å². The van der Waals surface area contributed by atoms with Gasteiger partial charge in [-0.1, -0.05) is 12.1 Å². The Morgan fingerprint density at radius 1 is 1.26 bits per heavy atom. The molecule has 1 aromatic carbocycles. The summed E-state index contributed by atoms with van der Waals surface area (Å²) in [6.07, 6.45) is -12.1. The van der Waals surface area contributed by atoms with E-state index in [0.717, 1.165) is 18.2 Å². The van der Waals surface area contributed by atoms with Gasteiger partial charge in [0.2, 0.25) is 0 Å². The molecule has 0 amide bonds. The van der Waals surface area contributed by atoms with Gasteiger partial charge in [-0.15, -0.1) is 0 Å². The van der Waals surface area contributed by atoms with Crippen LogP contribution in [0.4, 0.5) is 17.6 Å². The van der Waals surface area contributed by atoms with Crippen LogP contribution in [-0.2, 0) is 0 Å². The first-order valence-electron chi connectivity index (χ1n) is 4.98. The van der Waals surface area contributed by atoms with Crippen LogP contribution in [0.1, 0.15) is 11.7 Å². The maximum Gasteiger partial charge on any atom is 0.461 e. The lowest BCUT2D eigenvalue weighted by Crippen LogP contribution is -2.33. The van der Waals surface area contributed by atoms with E-state index in [-0.39, 0.29) is 5.56 Å². The average molecular weight is 279 g/mol. The molecule has 0 saturated heterocycles. The van der Waals surface area contributed by atoms with Gasteiger partial charge in [-0.25, -0.2) is 0 Å². The Kier molecular flexibility index (Phi) is 4.69. The molecule has 0 heterocycles. The predicted octanol–water partition coefficient (Wildman–Crippen LogP) is 1.84. The van der Waals surface area contributed by atoms with Gasteiger partial charge in [0.1, 0.15) is 11.9 Å². The number of nitriles is 1. The zero-order valence-corrected chi connectivity index (χ0v) is 9.30. The highest BCUT2D eigenvalue weighted by Crippen LogP contribution is 2.29. The molecular formula is C11H9F4NO3. The Morgan fingerprint density at radius 3 is 2.42 bits per heavy atom. The molecule has 0 spiro atoms. The van der Waals surface area contributed by atoms with Crippen LogP contribution in [0.25, 0.3) is 0 Å². The van der Waals surface area contributed by atoms with E-state index in [9.17, 15) is 22.7 Å². The van der Waals surface area contributed by atoms with Crippen LogP contribution in [0, 0.1) is 11.3 Å². The van der Waals surface area contributed by atoms with E-state index >= 15 is 0 Å². The van der Waals surface area contributed by atoms with Crippen molar-refractivity contribution >= 4 is 0 Å². The molecule has 2 N–H and O–H groups in total. The summed E-state index contributed by atoms with van der Waals surface area (Å²) >= 11 is 0. The van der Waals surface area contributed by atoms with Crippen LogP contribution in [0.2, 0.25) is 0 Å². The van der Waals surface area contributed by atoms with Gasteiger partial charge in [0.15, 0.2) is 6.10 Å². The zero-order valence-electron chi connectivity index (χ0n) is 9.30. The van der Waals surface area contributed by atoms with E-state index in [4.69, 9.17) is 10.4 Å². The SMILES string of the molecule is N#CC(O)C(O)c1cccc(OC(F)(F)C(F)F)c1. The quantitative estimate of drug-likeness (QED) is 0.637. The number of rotatable bonds is 5. The van der Waals surface area contributed by atoms with Crippen molar-refractivity contribution in [1.82, 2.24) is 0 Å². The van der Waals surface area contributed by atoms with Gasteiger partial charge in [0.25, 0.3) is 0 Å². The normalized spacial score (nSPS) is 14.8. The van der Waals surface area contributed by atoms with Crippen molar-refractivity contribution in [2.75, 3.05) is 0 Å². The molecule has 0 fully saturated rings. The molecule has 0 aromatic heterocycles. The van der Waals surface area contributed by atoms with Crippen molar-refractivity contribution in [3.63, 3.8) is 0 Å². The van der Waals surface area contributed by atoms with Crippen molar-refractivity contribution in [2.45, 2.75) is 24.7 Å². The van der Waals surface area contributed by atoms with Crippen LogP contribution < -0.4 is 4.74 Å². The molecule has 0 aliphatic heterocycles. The first-order chi connectivity index (χ1) is 8.77. The van der Waals surface area contributed by atoms with Crippen LogP contribution in [-0.4, -0.2) is 28.9 Å². The molecule has 0 aliphatic rings. The molecule has 0 aliphatic carbocycles. The first-order valence-corrected chi connectivity index (χ1v) is 4.98. The zero-order chi connectivity index (χ0) is 14.6. The van der Waals surface area contributed by atoms with Gasteiger partial charge >= 0.3 is 12.5 Å². The van der Waals surface area contributed by atoms with Gasteiger partial charge in [-0.05, 0) is 17.7 Å². The molecule has 1 aromatic rings. The van der Waals surface area contributed by atoms with Gasteiger partial charge in [-0.2, -0.15) is 22.8 Å². The van der Waals surface area contributed by atoms with Crippen molar-refractivity contribution in [2.24, 2.45) is 0 Å². The molecular weight excluding hydrogens is 270 g/mol. The Morgan fingerprint density at radius 2 is 1.89 bits per heavy atom.